The van der Waals surface area contributed by atoms with Crippen LogP contribution >= 0.6 is 0 Å². The number of nitrogens with two attached hydrogens (primary N) is 6. The smallest absolute Gasteiger partial charge is 0.0998 e. The van der Waals surface area contributed by atoms with Crippen molar-refractivity contribution in [1.82, 2.24) is 0 Å². The van der Waals surface area contributed by atoms with Crippen LogP contribution in [0, 0.1) is 68.0 Å². The topological polar surface area (TPSA) is 299 Å². The quantitative estimate of drug-likeness (QED) is 0.0816. The second kappa shape index (κ2) is 17.1. The fraction of sp³-hybridized carbons (Fsp3) is 0. The van der Waals surface area contributed by atoms with Crippen LogP contribution in [-0.2, 0) is 0 Å². The van der Waals surface area contributed by atoms with Crippen molar-refractivity contribution in [3.05, 3.63) is 167 Å². The molecule has 12 heteroatoms. The number of nitriles is 6. The number of hydrogen-bond acceptors (Lipinski definition) is 12. The van der Waals surface area contributed by atoms with E-state index >= 15 is 0 Å². The van der Waals surface area contributed by atoms with E-state index < -0.39 is 0 Å². The summed E-state index contributed by atoms with van der Waals surface area (Å²) >= 11 is 0. The lowest BCUT2D eigenvalue weighted by atomic mass is 9.85. The molecular weight excluding hydrogens is 817 g/mol. The summed E-state index contributed by atoms with van der Waals surface area (Å²) in [7, 11) is 0. The Morgan fingerprint density at radius 1 is 0.227 bits per heavy atom. The molecule has 12 N–H and O–H groups in total. The maximum Gasteiger partial charge on any atom is 0.0998 e. The summed E-state index contributed by atoms with van der Waals surface area (Å²) in [5.41, 5.74) is 49.0. The number of benzene rings is 8. The Morgan fingerprint density at radius 3 is 0.682 bits per heavy atom. The largest absolute Gasteiger partial charge is 0.398 e. The van der Waals surface area contributed by atoms with Crippen LogP contribution in [0.3, 0.4) is 0 Å². The van der Waals surface area contributed by atoms with E-state index in [9.17, 15) is 31.6 Å². The predicted octanol–water partition coefficient (Wildman–Crippen LogP) is 10.1. The first-order valence-electron chi connectivity index (χ1n) is 20.1. The van der Waals surface area contributed by atoms with Gasteiger partial charge in [0.2, 0.25) is 0 Å². The molecule has 0 spiro atoms. The van der Waals surface area contributed by atoms with E-state index in [-0.39, 0.29) is 56.3 Å². The molecule has 8 rings (SSSR count). The summed E-state index contributed by atoms with van der Waals surface area (Å²) in [4.78, 5) is 0. The van der Waals surface area contributed by atoms with E-state index in [1.165, 1.54) is 24.3 Å². The van der Waals surface area contributed by atoms with Crippen LogP contribution in [0.4, 0.5) is 34.1 Å². The van der Waals surface area contributed by atoms with Gasteiger partial charge in [-0.3, -0.25) is 0 Å². The number of hydrogen-bond donors (Lipinski definition) is 6. The third kappa shape index (κ3) is 7.36. The maximum atomic E-state index is 10.5. The van der Waals surface area contributed by atoms with Crippen molar-refractivity contribution in [2.24, 2.45) is 0 Å². The Hall–Kier alpha value is -10.5. The van der Waals surface area contributed by atoms with Gasteiger partial charge in [0, 0.05) is 101 Å². The van der Waals surface area contributed by atoms with E-state index in [4.69, 9.17) is 34.4 Å². The van der Waals surface area contributed by atoms with Crippen molar-refractivity contribution >= 4 is 34.1 Å². The van der Waals surface area contributed by atoms with Crippen molar-refractivity contribution in [1.29, 1.82) is 31.6 Å². The molecule has 0 aliphatic heterocycles. The monoisotopic (exact) mass is 850 g/mol. The molecule has 0 radical (unpaired) electrons. The molecule has 0 unspecified atom stereocenters. The minimum atomic E-state index is 0.137. The molecule has 310 valence electrons. The molecule has 0 atom stereocenters. The predicted molar refractivity (Wildman–Crippen MR) is 259 cm³/mol. The van der Waals surface area contributed by atoms with E-state index in [1.807, 2.05) is 60.7 Å². The van der Waals surface area contributed by atoms with E-state index in [2.05, 4.69) is 36.4 Å². The van der Waals surface area contributed by atoms with Crippen molar-refractivity contribution < 1.29 is 0 Å². The molecule has 8 aromatic carbocycles. The molecule has 0 aromatic heterocycles. The zero-order chi connectivity index (χ0) is 46.8. The van der Waals surface area contributed by atoms with Crippen LogP contribution in [0.2, 0.25) is 0 Å². The van der Waals surface area contributed by atoms with Gasteiger partial charge in [-0.2, -0.15) is 31.6 Å². The van der Waals surface area contributed by atoms with Gasteiger partial charge in [-0.25, -0.2) is 0 Å². The van der Waals surface area contributed by atoms with Gasteiger partial charge in [0.1, 0.15) is 0 Å². The van der Waals surface area contributed by atoms with E-state index in [1.54, 1.807) is 48.5 Å². The summed E-state index contributed by atoms with van der Waals surface area (Å²) in [6, 6.07) is 51.2. The van der Waals surface area contributed by atoms with Gasteiger partial charge in [0.25, 0.3) is 0 Å². The standard InChI is InChI=1S/C54H34N12/c55-23-31-11-50(62)44(17-37(31)29-7-3-1-4-8-29)39-19-46(52(64)13-33(39)25-57)41-21-48(54(66)15-35(41)27-59)42-22-47(53(65)16-36(42)28-60)40-20-45(51(63)14-34(40)26-58)38-18-43(30-9-5-2-6-10-30)49(61)12-32(38)24-56/h1-22H,61-66H2. The van der Waals surface area contributed by atoms with Crippen LogP contribution < -0.4 is 34.4 Å². The molecular formula is C54H34N12. The molecule has 0 saturated heterocycles. The first-order chi connectivity index (χ1) is 31.9. The van der Waals surface area contributed by atoms with Gasteiger partial charge in [0.15, 0.2) is 0 Å². The third-order valence-electron chi connectivity index (χ3n) is 11.5. The molecule has 12 nitrogen and oxygen atoms in total. The van der Waals surface area contributed by atoms with Gasteiger partial charge in [-0.15, -0.1) is 0 Å². The zero-order valence-electron chi connectivity index (χ0n) is 34.8. The highest BCUT2D eigenvalue weighted by Crippen LogP contribution is 2.46. The number of anilines is 6. The third-order valence-corrected chi connectivity index (χ3v) is 11.5. The Labute approximate surface area is 379 Å². The minimum Gasteiger partial charge on any atom is -0.398 e. The molecule has 0 heterocycles. The van der Waals surface area contributed by atoms with Crippen molar-refractivity contribution in [3.63, 3.8) is 0 Å². The Bertz CT molecular complexity index is 3610. The summed E-state index contributed by atoms with van der Waals surface area (Å²) < 4.78 is 0. The highest BCUT2D eigenvalue weighted by atomic mass is 14.6. The average Bonchev–Trinajstić information content (AvgIpc) is 3.34. The molecule has 8 aromatic rings. The van der Waals surface area contributed by atoms with Crippen molar-refractivity contribution in [3.8, 4) is 114 Å². The average molecular weight is 851 g/mol. The Balaban J connectivity index is 1.33. The van der Waals surface area contributed by atoms with Gasteiger partial charge < -0.3 is 34.4 Å². The molecule has 0 aliphatic carbocycles. The molecule has 0 aliphatic rings. The Kier molecular flexibility index (Phi) is 10.9. The highest BCUT2D eigenvalue weighted by Gasteiger charge is 2.23. The minimum absolute atomic E-state index is 0.137. The fourth-order valence-corrected chi connectivity index (χ4v) is 8.26. The SMILES string of the molecule is N#Cc1cc(N)c(-c2cc(-c3cc(-c4cc(-c5cc(-c6cc(-c7ccccc7)c(N)cc6C#N)c(N)cc5C#N)c(N)cc4C#N)c(N)cc3C#N)c(N)cc2C#N)cc1-c1ccccc1. The summed E-state index contributed by atoms with van der Waals surface area (Å²) in [6.45, 7) is 0. The van der Waals surface area contributed by atoms with Crippen LogP contribution in [0.5, 0.6) is 0 Å². The van der Waals surface area contributed by atoms with Crippen LogP contribution in [0.1, 0.15) is 33.4 Å². The molecule has 0 bridgehead atoms. The lowest BCUT2D eigenvalue weighted by molar-refractivity contribution is 1.44. The van der Waals surface area contributed by atoms with Crippen molar-refractivity contribution in [2.45, 2.75) is 0 Å². The van der Waals surface area contributed by atoms with Crippen molar-refractivity contribution in [2.75, 3.05) is 34.4 Å². The van der Waals surface area contributed by atoms with Gasteiger partial charge in [0.05, 0.1) is 69.8 Å². The second-order valence-electron chi connectivity index (χ2n) is 15.3. The summed E-state index contributed by atoms with van der Waals surface area (Å²) in [5, 5.41) is 62.1. The highest BCUT2D eigenvalue weighted by molar-refractivity contribution is 5.99. The van der Waals surface area contributed by atoms with Crippen LogP contribution in [0.25, 0.3) is 77.9 Å². The van der Waals surface area contributed by atoms with Crippen LogP contribution in [0.15, 0.2) is 133 Å². The molecule has 66 heavy (non-hydrogen) atoms. The lowest BCUT2D eigenvalue weighted by Crippen LogP contribution is -2.02. The molecule has 0 saturated carbocycles. The van der Waals surface area contributed by atoms with E-state index in [0.717, 1.165) is 11.1 Å². The van der Waals surface area contributed by atoms with Gasteiger partial charge in [-0.05, 0) is 83.9 Å². The van der Waals surface area contributed by atoms with Crippen LogP contribution in [-0.4, -0.2) is 0 Å². The number of rotatable bonds is 7. The first kappa shape index (κ1) is 42.2. The first-order valence-corrected chi connectivity index (χ1v) is 20.1. The van der Waals surface area contributed by atoms with E-state index in [0.29, 0.717) is 78.0 Å². The summed E-state index contributed by atoms with van der Waals surface area (Å²) in [6.07, 6.45) is 0. The van der Waals surface area contributed by atoms with Gasteiger partial charge in [-0.1, -0.05) is 60.7 Å². The number of nitrogen functional groups attached to an aromatic ring is 6. The normalized spacial score (nSPS) is 10.4. The number of nitrogens with zero attached hydrogens (tertiary/aromatic N) is 6. The Morgan fingerprint density at radius 2 is 0.424 bits per heavy atom. The zero-order valence-corrected chi connectivity index (χ0v) is 34.8. The molecule has 0 fully saturated rings. The molecule has 0 amide bonds. The van der Waals surface area contributed by atoms with Gasteiger partial charge >= 0.3 is 0 Å². The lowest BCUT2D eigenvalue weighted by Gasteiger charge is -2.19. The maximum absolute atomic E-state index is 10.5. The summed E-state index contributed by atoms with van der Waals surface area (Å²) in [5.74, 6) is 0. The fourth-order valence-electron chi connectivity index (χ4n) is 8.26. The second-order valence-corrected chi connectivity index (χ2v) is 15.3.